The van der Waals surface area contributed by atoms with E-state index in [-0.39, 0.29) is 30.9 Å². The third kappa shape index (κ3) is 7.55. The molecule has 2 amide bonds. The molecule has 0 fully saturated rings. The summed E-state index contributed by atoms with van der Waals surface area (Å²) in [5.74, 6) is -0.0411. The van der Waals surface area contributed by atoms with E-state index < -0.39 is 28.2 Å². The SMILES string of the molecule is CCC1CN(Cc2cc(C(c3ccc4c(nnn4CC)c3C)C(C)(C)C(=O)Nc3cnc(CNC(=O)O)nc3)ccc2C)S(O)(O)c2ccccc2O1. The van der Waals surface area contributed by atoms with Crippen molar-refractivity contribution in [1.29, 1.82) is 0 Å². The van der Waals surface area contributed by atoms with Crippen LogP contribution < -0.4 is 15.4 Å². The van der Waals surface area contributed by atoms with Crippen LogP contribution in [0.4, 0.5) is 10.5 Å². The summed E-state index contributed by atoms with van der Waals surface area (Å²) in [5.41, 5.74) is 5.44. The fraction of sp³-hybridized carbons (Fsp3) is 0.368. The lowest BCUT2D eigenvalue weighted by atomic mass is 9.69. The molecule has 280 valence electrons. The van der Waals surface area contributed by atoms with Crippen molar-refractivity contribution in [3.63, 3.8) is 0 Å². The number of nitrogens with zero attached hydrogens (tertiary/aromatic N) is 6. The topological polar surface area (TPSA) is 188 Å². The molecule has 15 heteroatoms. The van der Waals surface area contributed by atoms with Crippen LogP contribution in [-0.2, 0) is 24.4 Å². The number of carbonyl (C=O) groups is 2. The van der Waals surface area contributed by atoms with E-state index in [0.717, 1.165) is 38.9 Å². The first-order valence-corrected chi connectivity index (χ1v) is 19.0. The van der Waals surface area contributed by atoms with Gasteiger partial charge in [-0.2, -0.15) is 4.31 Å². The maximum atomic E-state index is 14.4. The van der Waals surface area contributed by atoms with E-state index in [0.29, 0.717) is 35.8 Å². The average Bonchev–Trinajstić information content (AvgIpc) is 3.52. The quantitative estimate of drug-likeness (QED) is 0.0927. The maximum Gasteiger partial charge on any atom is 0.405 e. The number of benzene rings is 3. The highest BCUT2D eigenvalue weighted by molar-refractivity contribution is 8.22. The van der Waals surface area contributed by atoms with Crippen LogP contribution in [0.1, 0.15) is 73.7 Å². The molecular weight excluding hydrogens is 697 g/mol. The van der Waals surface area contributed by atoms with Crippen LogP contribution in [0, 0.1) is 19.3 Å². The molecule has 2 aromatic heterocycles. The number of hydrogen-bond acceptors (Lipinski definition) is 10. The second-order valence-electron chi connectivity index (χ2n) is 13.8. The van der Waals surface area contributed by atoms with Crippen molar-refractivity contribution in [2.75, 3.05) is 11.9 Å². The number of nitrogens with one attached hydrogen (secondary N) is 2. The lowest BCUT2D eigenvalue weighted by Crippen LogP contribution is -2.37. The van der Waals surface area contributed by atoms with E-state index in [2.05, 4.69) is 37.0 Å². The second kappa shape index (κ2) is 15.1. The summed E-state index contributed by atoms with van der Waals surface area (Å²) in [6.07, 6.45) is 2.14. The Bertz CT molecular complexity index is 2140. The molecule has 1 aliphatic rings. The van der Waals surface area contributed by atoms with Crippen molar-refractivity contribution in [3.8, 4) is 5.75 Å². The highest BCUT2D eigenvalue weighted by Crippen LogP contribution is 2.57. The molecule has 14 nitrogen and oxygen atoms in total. The molecule has 1 aliphatic heterocycles. The minimum Gasteiger partial charge on any atom is -0.487 e. The van der Waals surface area contributed by atoms with Gasteiger partial charge in [0.25, 0.3) is 0 Å². The number of carbonyl (C=O) groups excluding carboxylic acids is 1. The molecule has 2 unspecified atom stereocenters. The number of amides is 2. The molecule has 0 saturated heterocycles. The van der Waals surface area contributed by atoms with Crippen LogP contribution in [0.15, 0.2) is 71.9 Å². The molecule has 0 aliphatic carbocycles. The fourth-order valence-electron chi connectivity index (χ4n) is 6.86. The molecule has 0 spiro atoms. The predicted octanol–water partition coefficient (Wildman–Crippen LogP) is 7.12. The lowest BCUT2D eigenvalue weighted by molar-refractivity contribution is -0.124. The third-order valence-corrected chi connectivity index (χ3v) is 11.9. The molecule has 5 aromatic rings. The number of aryl methyl sites for hydroxylation is 3. The monoisotopic (exact) mass is 742 g/mol. The number of fused-ring (bicyclic) bond motifs is 2. The number of anilines is 1. The summed E-state index contributed by atoms with van der Waals surface area (Å²) in [6, 6.07) is 17.2. The molecule has 3 aromatic carbocycles. The normalized spacial score (nSPS) is 16.9. The van der Waals surface area contributed by atoms with Gasteiger partial charge in [-0.15, -0.1) is 15.9 Å². The highest BCUT2D eigenvalue weighted by atomic mass is 32.3. The summed E-state index contributed by atoms with van der Waals surface area (Å²) in [6.45, 7) is 12.9. The maximum absolute atomic E-state index is 14.4. The molecule has 0 radical (unpaired) electrons. The van der Waals surface area contributed by atoms with Gasteiger partial charge in [-0.05, 0) is 73.2 Å². The van der Waals surface area contributed by atoms with E-state index in [9.17, 15) is 18.7 Å². The van der Waals surface area contributed by atoms with E-state index >= 15 is 0 Å². The summed E-state index contributed by atoms with van der Waals surface area (Å²) in [4.78, 5) is 34.0. The van der Waals surface area contributed by atoms with Crippen molar-refractivity contribution >= 4 is 39.5 Å². The molecule has 0 saturated carbocycles. The zero-order chi connectivity index (χ0) is 38.1. The van der Waals surface area contributed by atoms with Crippen LogP contribution in [-0.4, -0.2) is 68.1 Å². The number of aromatic nitrogens is 5. The number of carboxylic acid groups (broad SMARTS) is 1. The first-order chi connectivity index (χ1) is 25.2. The van der Waals surface area contributed by atoms with Gasteiger partial charge in [0.2, 0.25) is 5.91 Å². The number of ether oxygens (including phenoxy) is 1. The van der Waals surface area contributed by atoms with Crippen LogP contribution in [0.2, 0.25) is 0 Å². The van der Waals surface area contributed by atoms with Crippen molar-refractivity contribution in [1.82, 2.24) is 34.6 Å². The molecule has 53 heavy (non-hydrogen) atoms. The molecule has 3 heterocycles. The number of rotatable bonds is 11. The molecule has 2 atom stereocenters. The van der Waals surface area contributed by atoms with Gasteiger partial charge < -0.3 is 20.5 Å². The second-order valence-corrected chi connectivity index (χ2v) is 15.8. The Morgan fingerprint density at radius 2 is 1.79 bits per heavy atom. The van der Waals surface area contributed by atoms with Crippen molar-refractivity contribution < 1.29 is 28.5 Å². The molecular formula is C38H46N8O6S. The van der Waals surface area contributed by atoms with Gasteiger partial charge in [-0.1, -0.05) is 62.4 Å². The fourth-order valence-corrected chi connectivity index (χ4v) is 8.48. The minimum absolute atomic E-state index is 0.0669. The van der Waals surface area contributed by atoms with E-state index in [1.54, 1.807) is 22.5 Å². The van der Waals surface area contributed by atoms with Crippen molar-refractivity contribution in [3.05, 3.63) is 101 Å². The predicted molar refractivity (Wildman–Crippen MR) is 203 cm³/mol. The Hall–Kier alpha value is -5.09. The van der Waals surface area contributed by atoms with E-state index in [4.69, 9.17) is 9.84 Å². The van der Waals surface area contributed by atoms with Gasteiger partial charge >= 0.3 is 6.09 Å². The third-order valence-electron chi connectivity index (χ3n) is 9.97. The molecule has 6 rings (SSSR count). The Labute approximate surface area is 310 Å². The van der Waals surface area contributed by atoms with Gasteiger partial charge in [0.1, 0.15) is 28.1 Å². The molecule has 0 bridgehead atoms. The van der Waals surface area contributed by atoms with Gasteiger partial charge in [0, 0.05) is 19.0 Å². The van der Waals surface area contributed by atoms with E-state index in [1.807, 2.05) is 76.6 Å². The molecule has 5 N–H and O–H groups in total. The zero-order valence-corrected chi connectivity index (χ0v) is 31.5. The lowest BCUT2D eigenvalue weighted by Gasteiger charge is -2.42. The standard InChI is InChI=1S/C38H46N8O6S/c1-7-28-22-45(53(50,51)32-12-10-9-11-31(32)52-28)21-26-17-25(14-13-23(26)3)34(29-15-16-30-35(24(29)4)43-44-46(30)8-2)38(5,6)36(47)42-27-18-39-33(40-19-27)20-41-37(48)49/h9-19,28,34,41,50-51H,7-8,20-22H2,1-6H3,(H,42,47)(H,48,49). The van der Waals surface area contributed by atoms with Gasteiger partial charge in [0.15, 0.2) is 0 Å². The summed E-state index contributed by atoms with van der Waals surface area (Å²) in [5, 5.41) is 23.0. The first kappa shape index (κ1) is 37.7. The smallest absolute Gasteiger partial charge is 0.405 e. The van der Waals surface area contributed by atoms with Gasteiger partial charge in [0.05, 0.1) is 42.1 Å². The van der Waals surface area contributed by atoms with Crippen molar-refractivity contribution in [2.24, 2.45) is 5.41 Å². The van der Waals surface area contributed by atoms with Crippen LogP contribution in [0.3, 0.4) is 0 Å². The highest BCUT2D eigenvalue weighted by Gasteiger charge is 2.41. The minimum atomic E-state index is -3.40. The number of para-hydroxylation sites is 1. The summed E-state index contributed by atoms with van der Waals surface area (Å²) >= 11 is 0. The van der Waals surface area contributed by atoms with Gasteiger partial charge in [-0.25, -0.2) is 19.4 Å². The Kier molecular flexibility index (Phi) is 10.7. The Balaban J connectivity index is 1.40. The van der Waals surface area contributed by atoms with Crippen molar-refractivity contribution in [2.45, 2.75) is 84.5 Å². The van der Waals surface area contributed by atoms with Crippen LogP contribution in [0.5, 0.6) is 5.75 Å². The Morgan fingerprint density at radius 1 is 1.06 bits per heavy atom. The summed E-state index contributed by atoms with van der Waals surface area (Å²) < 4.78 is 33.3. The van der Waals surface area contributed by atoms with E-state index in [1.165, 1.54) is 12.4 Å². The largest absolute Gasteiger partial charge is 0.487 e. The van der Waals surface area contributed by atoms with Crippen LogP contribution in [0.25, 0.3) is 11.0 Å². The first-order valence-electron chi connectivity index (χ1n) is 17.5. The van der Waals surface area contributed by atoms with Gasteiger partial charge in [-0.3, -0.25) is 13.9 Å². The van der Waals surface area contributed by atoms with Crippen LogP contribution >= 0.6 is 10.8 Å². The summed E-state index contributed by atoms with van der Waals surface area (Å²) in [7, 11) is -3.40. The average molecular weight is 743 g/mol. The number of hydrogen-bond donors (Lipinski definition) is 5. The zero-order valence-electron chi connectivity index (χ0n) is 30.7. The Morgan fingerprint density at radius 3 is 2.49 bits per heavy atom.